The van der Waals surface area contributed by atoms with Crippen LogP contribution in [-0.2, 0) is 6.54 Å². The Labute approximate surface area is 91.8 Å². The fourth-order valence-electron chi connectivity index (χ4n) is 1.94. The number of anilines is 1. The number of hydrogen-bond acceptors (Lipinski definition) is 3. The predicted octanol–water partition coefficient (Wildman–Crippen LogP) is 1.47. The molecular formula is C12H10N2O2. The van der Waals surface area contributed by atoms with E-state index < -0.39 is 0 Å². The number of nitrogens with zero attached hydrogens (tertiary/aromatic N) is 1. The van der Waals surface area contributed by atoms with Gasteiger partial charge >= 0.3 is 0 Å². The lowest BCUT2D eigenvalue weighted by molar-refractivity contribution is 0.464. The van der Waals surface area contributed by atoms with E-state index in [1.165, 1.54) is 12.3 Å². The maximum Gasteiger partial charge on any atom is 0.223 e. The van der Waals surface area contributed by atoms with Crippen LogP contribution in [0.1, 0.15) is 5.69 Å². The van der Waals surface area contributed by atoms with Gasteiger partial charge in [-0.15, -0.1) is 0 Å². The van der Waals surface area contributed by atoms with E-state index in [4.69, 9.17) is 0 Å². The molecule has 1 aliphatic heterocycles. The van der Waals surface area contributed by atoms with E-state index in [2.05, 4.69) is 5.32 Å². The van der Waals surface area contributed by atoms with Crippen molar-refractivity contribution < 1.29 is 5.11 Å². The normalized spacial score (nSPS) is 12.5. The zero-order valence-corrected chi connectivity index (χ0v) is 8.47. The van der Waals surface area contributed by atoms with Crippen molar-refractivity contribution in [3.63, 3.8) is 0 Å². The SMILES string of the molecule is O=c1cc2n(cc1O)-c1ccccc1NC2. The van der Waals surface area contributed by atoms with Crippen molar-refractivity contribution in [3.05, 3.63) is 52.4 Å². The van der Waals surface area contributed by atoms with Crippen LogP contribution >= 0.6 is 0 Å². The zero-order valence-electron chi connectivity index (χ0n) is 8.47. The molecule has 0 bridgehead atoms. The summed E-state index contributed by atoms with van der Waals surface area (Å²) in [4.78, 5) is 11.3. The lowest BCUT2D eigenvalue weighted by atomic mass is 10.2. The van der Waals surface area contributed by atoms with Gasteiger partial charge in [-0.1, -0.05) is 12.1 Å². The Hall–Kier alpha value is -2.23. The van der Waals surface area contributed by atoms with Crippen molar-refractivity contribution in [2.75, 3.05) is 5.32 Å². The predicted molar refractivity (Wildman–Crippen MR) is 61.0 cm³/mol. The molecule has 0 atom stereocenters. The first-order valence-corrected chi connectivity index (χ1v) is 5.03. The molecule has 1 aromatic heterocycles. The summed E-state index contributed by atoms with van der Waals surface area (Å²) in [5.74, 6) is -0.222. The first-order chi connectivity index (χ1) is 7.75. The highest BCUT2D eigenvalue weighted by atomic mass is 16.3. The number of aromatic nitrogens is 1. The monoisotopic (exact) mass is 214 g/mol. The minimum Gasteiger partial charge on any atom is -0.503 e. The van der Waals surface area contributed by atoms with Gasteiger partial charge in [0.15, 0.2) is 5.75 Å². The fourth-order valence-corrected chi connectivity index (χ4v) is 1.94. The van der Waals surface area contributed by atoms with Gasteiger partial charge in [-0.25, -0.2) is 0 Å². The summed E-state index contributed by atoms with van der Waals surface area (Å²) in [6.45, 7) is 0.590. The summed E-state index contributed by atoms with van der Waals surface area (Å²) in [5, 5.41) is 12.7. The van der Waals surface area contributed by atoms with Gasteiger partial charge in [-0.05, 0) is 12.1 Å². The molecule has 0 fully saturated rings. The van der Waals surface area contributed by atoms with Crippen LogP contribution < -0.4 is 10.7 Å². The molecule has 0 saturated carbocycles. The summed E-state index contributed by atoms with van der Waals surface area (Å²) in [5.41, 5.74) is 2.45. The summed E-state index contributed by atoms with van der Waals surface area (Å²) >= 11 is 0. The number of fused-ring (bicyclic) bond motifs is 3. The first kappa shape index (κ1) is 9.03. The molecule has 4 nitrogen and oxygen atoms in total. The van der Waals surface area contributed by atoms with Crippen LogP contribution in [0.15, 0.2) is 41.3 Å². The van der Waals surface area contributed by atoms with E-state index in [9.17, 15) is 9.90 Å². The summed E-state index contributed by atoms with van der Waals surface area (Å²) in [6, 6.07) is 9.23. The van der Waals surface area contributed by atoms with E-state index >= 15 is 0 Å². The molecular weight excluding hydrogens is 204 g/mol. The zero-order chi connectivity index (χ0) is 11.1. The second kappa shape index (κ2) is 3.13. The minimum absolute atomic E-state index is 0.222. The Bertz CT molecular complexity index is 617. The molecule has 0 spiro atoms. The highest BCUT2D eigenvalue weighted by Gasteiger charge is 2.14. The lowest BCUT2D eigenvalue weighted by Crippen LogP contribution is -2.19. The summed E-state index contributed by atoms with van der Waals surface area (Å²) in [7, 11) is 0. The maximum atomic E-state index is 11.3. The Balaban J connectivity index is 2.32. The topological polar surface area (TPSA) is 54.3 Å². The van der Waals surface area contributed by atoms with Gasteiger partial charge in [0.05, 0.1) is 24.1 Å². The van der Waals surface area contributed by atoms with Crippen molar-refractivity contribution in [1.82, 2.24) is 4.57 Å². The van der Waals surface area contributed by atoms with Crippen molar-refractivity contribution in [2.24, 2.45) is 0 Å². The van der Waals surface area contributed by atoms with E-state index in [1.807, 2.05) is 28.8 Å². The molecule has 80 valence electrons. The molecule has 0 amide bonds. The number of hydrogen-bond donors (Lipinski definition) is 2. The highest BCUT2D eigenvalue weighted by molar-refractivity contribution is 5.64. The van der Waals surface area contributed by atoms with Crippen molar-refractivity contribution in [3.8, 4) is 11.4 Å². The Morgan fingerprint density at radius 2 is 2.12 bits per heavy atom. The van der Waals surface area contributed by atoms with Crippen LogP contribution in [0.4, 0.5) is 5.69 Å². The molecule has 1 aliphatic rings. The standard InChI is InChI=1S/C12H10N2O2/c15-11-5-8-6-13-9-3-1-2-4-10(9)14(8)7-12(11)16/h1-5,7,13,16H,6H2. The van der Waals surface area contributed by atoms with Gasteiger partial charge in [0, 0.05) is 11.8 Å². The number of para-hydroxylation sites is 2. The number of rotatable bonds is 0. The molecule has 0 saturated heterocycles. The van der Waals surface area contributed by atoms with E-state index in [1.54, 1.807) is 0 Å². The quantitative estimate of drug-likeness (QED) is 0.698. The summed E-state index contributed by atoms with van der Waals surface area (Å²) in [6.07, 6.45) is 1.47. The fraction of sp³-hybridized carbons (Fsp3) is 0.0833. The second-order valence-electron chi connectivity index (χ2n) is 3.75. The Morgan fingerprint density at radius 1 is 1.31 bits per heavy atom. The second-order valence-corrected chi connectivity index (χ2v) is 3.75. The van der Waals surface area contributed by atoms with Crippen molar-refractivity contribution in [2.45, 2.75) is 6.54 Å². The van der Waals surface area contributed by atoms with Gasteiger partial charge in [-0.3, -0.25) is 4.79 Å². The van der Waals surface area contributed by atoms with Gasteiger partial charge in [-0.2, -0.15) is 0 Å². The van der Waals surface area contributed by atoms with Crippen LogP contribution in [-0.4, -0.2) is 9.67 Å². The van der Waals surface area contributed by atoms with Gasteiger partial charge in [0.25, 0.3) is 0 Å². The highest BCUT2D eigenvalue weighted by Crippen LogP contribution is 2.26. The molecule has 0 aliphatic carbocycles. The Morgan fingerprint density at radius 3 is 3.00 bits per heavy atom. The van der Waals surface area contributed by atoms with Gasteiger partial charge < -0.3 is 15.0 Å². The van der Waals surface area contributed by atoms with Crippen molar-refractivity contribution in [1.29, 1.82) is 0 Å². The summed E-state index contributed by atoms with van der Waals surface area (Å²) < 4.78 is 1.84. The molecule has 0 radical (unpaired) electrons. The third-order valence-electron chi connectivity index (χ3n) is 2.73. The Kier molecular flexibility index (Phi) is 1.77. The molecule has 2 aromatic rings. The minimum atomic E-state index is -0.340. The van der Waals surface area contributed by atoms with E-state index in [-0.39, 0.29) is 11.2 Å². The number of aromatic hydroxyl groups is 1. The van der Waals surface area contributed by atoms with E-state index in [0.717, 1.165) is 17.1 Å². The van der Waals surface area contributed by atoms with Crippen LogP contribution in [0.2, 0.25) is 0 Å². The van der Waals surface area contributed by atoms with Crippen LogP contribution in [0.3, 0.4) is 0 Å². The molecule has 3 rings (SSSR count). The molecule has 4 heteroatoms. The third-order valence-corrected chi connectivity index (χ3v) is 2.73. The average molecular weight is 214 g/mol. The van der Waals surface area contributed by atoms with Gasteiger partial charge in [0.2, 0.25) is 5.43 Å². The molecule has 0 unspecified atom stereocenters. The molecule has 2 N–H and O–H groups in total. The number of pyridine rings is 1. The van der Waals surface area contributed by atoms with Crippen LogP contribution in [0.5, 0.6) is 5.75 Å². The van der Waals surface area contributed by atoms with Gasteiger partial charge in [0.1, 0.15) is 0 Å². The average Bonchev–Trinajstić information content (AvgIpc) is 2.31. The maximum absolute atomic E-state index is 11.3. The molecule has 2 heterocycles. The lowest BCUT2D eigenvalue weighted by Gasteiger charge is -2.23. The number of nitrogens with one attached hydrogen (secondary N) is 1. The van der Waals surface area contributed by atoms with E-state index in [0.29, 0.717) is 6.54 Å². The smallest absolute Gasteiger partial charge is 0.223 e. The van der Waals surface area contributed by atoms with Crippen LogP contribution in [0, 0.1) is 0 Å². The number of benzene rings is 1. The molecule has 1 aromatic carbocycles. The largest absolute Gasteiger partial charge is 0.503 e. The first-order valence-electron chi connectivity index (χ1n) is 5.03. The van der Waals surface area contributed by atoms with Crippen LogP contribution in [0.25, 0.3) is 5.69 Å². The third kappa shape index (κ3) is 1.20. The molecule has 16 heavy (non-hydrogen) atoms. The van der Waals surface area contributed by atoms with Crippen molar-refractivity contribution >= 4 is 5.69 Å².